The van der Waals surface area contributed by atoms with Gasteiger partial charge in [0.15, 0.2) is 5.75 Å². The van der Waals surface area contributed by atoms with Crippen LogP contribution >= 0.6 is 23.2 Å². The highest BCUT2D eigenvalue weighted by Crippen LogP contribution is 2.33. The summed E-state index contributed by atoms with van der Waals surface area (Å²) in [4.78, 5) is 0. The number of methoxy groups -OCH3 is 1. The van der Waals surface area contributed by atoms with E-state index < -0.39 is 0 Å². The maximum absolute atomic E-state index is 6.01. The van der Waals surface area contributed by atoms with Crippen LogP contribution in [0, 0.1) is 0 Å². The first-order valence-electron chi connectivity index (χ1n) is 6.80. The summed E-state index contributed by atoms with van der Waals surface area (Å²) in [6, 6.07) is 5.14. The second-order valence-corrected chi connectivity index (χ2v) is 5.43. The number of hydrogen-bond donors (Lipinski definition) is 0. The molecule has 0 atom stereocenters. The zero-order chi connectivity index (χ0) is 15.4. The molecule has 0 N–H and O–H groups in total. The van der Waals surface area contributed by atoms with Gasteiger partial charge in [-0.2, -0.15) is 5.10 Å². The Bertz CT molecular complexity index is 606. The van der Waals surface area contributed by atoms with Gasteiger partial charge in [-0.3, -0.25) is 0 Å². The van der Waals surface area contributed by atoms with Crippen molar-refractivity contribution in [3.05, 3.63) is 39.6 Å². The molecule has 0 saturated heterocycles. The number of ether oxygens (including phenoxy) is 2. The van der Waals surface area contributed by atoms with Gasteiger partial charge in [0.05, 0.1) is 5.69 Å². The van der Waals surface area contributed by atoms with Crippen molar-refractivity contribution in [3.63, 3.8) is 0 Å². The summed E-state index contributed by atoms with van der Waals surface area (Å²) in [7, 11) is 1.64. The molecule has 0 aliphatic heterocycles. The van der Waals surface area contributed by atoms with E-state index in [1.54, 1.807) is 25.3 Å². The van der Waals surface area contributed by atoms with Crippen molar-refractivity contribution >= 4 is 23.2 Å². The maximum Gasteiger partial charge on any atom is 0.171 e. The molecular formula is C15H18Cl2N2O2. The summed E-state index contributed by atoms with van der Waals surface area (Å²) >= 11 is 12.0. The van der Waals surface area contributed by atoms with Crippen LogP contribution < -0.4 is 4.74 Å². The Hall–Kier alpha value is -1.23. The van der Waals surface area contributed by atoms with E-state index in [2.05, 4.69) is 12.0 Å². The SMILES string of the molecule is CCc1nn(COC)c(CC)c1Oc1cc(Cl)cc(Cl)c1. The Balaban J connectivity index is 2.41. The van der Waals surface area contributed by atoms with E-state index in [-0.39, 0.29) is 0 Å². The first-order valence-corrected chi connectivity index (χ1v) is 7.56. The van der Waals surface area contributed by atoms with Crippen LogP contribution in [0.1, 0.15) is 25.2 Å². The monoisotopic (exact) mass is 328 g/mol. The van der Waals surface area contributed by atoms with Crippen molar-refractivity contribution < 1.29 is 9.47 Å². The molecule has 0 radical (unpaired) electrons. The lowest BCUT2D eigenvalue weighted by atomic mass is 10.2. The van der Waals surface area contributed by atoms with E-state index >= 15 is 0 Å². The van der Waals surface area contributed by atoms with Crippen molar-refractivity contribution in [2.45, 2.75) is 33.4 Å². The predicted octanol–water partition coefficient (Wildman–Crippen LogP) is 4.71. The Morgan fingerprint density at radius 2 is 1.76 bits per heavy atom. The highest BCUT2D eigenvalue weighted by molar-refractivity contribution is 6.34. The molecule has 0 amide bonds. The van der Waals surface area contributed by atoms with Crippen LogP contribution in [0.15, 0.2) is 18.2 Å². The van der Waals surface area contributed by atoms with E-state index in [0.717, 1.165) is 30.0 Å². The molecule has 0 aliphatic carbocycles. The van der Waals surface area contributed by atoms with E-state index in [4.69, 9.17) is 32.7 Å². The Morgan fingerprint density at radius 3 is 2.29 bits per heavy atom. The Morgan fingerprint density at radius 1 is 1.10 bits per heavy atom. The molecule has 0 aliphatic rings. The second kappa shape index (κ2) is 7.16. The normalized spacial score (nSPS) is 10.9. The lowest BCUT2D eigenvalue weighted by Crippen LogP contribution is -2.06. The number of rotatable bonds is 6. The van der Waals surface area contributed by atoms with Gasteiger partial charge < -0.3 is 9.47 Å². The quantitative estimate of drug-likeness (QED) is 0.770. The molecule has 21 heavy (non-hydrogen) atoms. The lowest BCUT2D eigenvalue weighted by Gasteiger charge is -2.09. The topological polar surface area (TPSA) is 36.3 Å². The standard InChI is InChI=1S/C15H18Cl2N2O2/c1-4-13-15(14(5-2)19(18-13)9-20-3)21-12-7-10(16)6-11(17)8-12/h6-8H,4-5,9H2,1-3H3. The number of nitrogens with zero attached hydrogens (tertiary/aromatic N) is 2. The molecule has 0 bridgehead atoms. The fourth-order valence-corrected chi connectivity index (χ4v) is 2.67. The average Bonchev–Trinajstić information content (AvgIpc) is 2.75. The first kappa shape index (κ1) is 16.1. The Labute approximate surface area is 134 Å². The highest BCUT2D eigenvalue weighted by atomic mass is 35.5. The van der Waals surface area contributed by atoms with Crippen molar-refractivity contribution in [3.8, 4) is 11.5 Å². The van der Waals surface area contributed by atoms with Crippen LogP contribution in [0.25, 0.3) is 0 Å². The number of hydrogen-bond acceptors (Lipinski definition) is 3. The summed E-state index contributed by atoms with van der Waals surface area (Å²) in [6.07, 6.45) is 1.56. The van der Waals surface area contributed by atoms with Gasteiger partial charge >= 0.3 is 0 Å². The smallest absolute Gasteiger partial charge is 0.171 e. The summed E-state index contributed by atoms with van der Waals surface area (Å²) in [6.45, 7) is 4.49. The fraction of sp³-hybridized carbons (Fsp3) is 0.400. The van der Waals surface area contributed by atoms with Gasteiger partial charge in [0.2, 0.25) is 0 Å². The van der Waals surface area contributed by atoms with Gasteiger partial charge in [-0.15, -0.1) is 0 Å². The lowest BCUT2D eigenvalue weighted by molar-refractivity contribution is 0.117. The third-order valence-electron chi connectivity index (χ3n) is 3.05. The molecular weight excluding hydrogens is 311 g/mol. The van der Waals surface area contributed by atoms with Crippen LogP contribution in [-0.4, -0.2) is 16.9 Å². The molecule has 2 rings (SSSR count). The molecule has 1 aromatic heterocycles. The van der Waals surface area contributed by atoms with E-state index in [1.165, 1.54) is 0 Å². The highest BCUT2D eigenvalue weighted by Gasteiger charge is 2.18. The van der Waals surface area contributed by atoms with Crippen molar-refractivity contribution in [1.82, 2.24) is 9.78 Å². The summed E-state index contributed by atoms with van der Waals surface area (Å²) in [5.74, 6) is 1.37. The molecule has 1 heterocycles. The minimum Gasteiger partial charge on any atom is -0.453 e. The summed E-state index contributed by atoms with van der Waals surface area (Å²) < 4.78 is 13.0. The van der Waals surface area contributed by atoms with Crippen LogP contribution in [0.2, 0.25) is 10.0 Å². The largest absolute Gasteiger partial charge is 0.453 e. The van der Waals surface area contributed by atoms with Crippen LogP contribution in [0.3, 0.4) is 0 Å². The van der Waals surface area contributed by atoms with E-state index in [0.29, 0.717) is 22.5 Å². The molecule has 114 valence electrons. The van der Waals surface area contributed by atoms with Gasteiger partial charge in [-0.1, -0.05) is 37.0 Å². The number of benzene rings is 1. The zero-order valence-electron chi connectivity index (χ0n) is 12.3. The Kier molecular flexibility index (Phi) is 5.51. The van der Waals surface area contributed by atoms with Crippen LogP contribution in [0.5, 0.6) is 11.5 Å². The maximum atomic E-state index is 6.01. The van der Waals surface area contributed by atoms with Crippen molar-refractivity contribution in [2.24, 2.45) is 0 Å². The summed E-state index contributed by atoms with van der Waals surface area (Å²) in [5, 5.41) is 5.61. The predicted molar refractivity (Wildman–Crippen MR) is 84.5 cm³/mol. The average molecular weight is 329 g/mol. The molecule has 6 heteroatoms. The minimum atomic E-state index is 0.399. The van der Waals surface area contributed by atoms with Gasteiger partial charge in [0.1, 0.15) is 18.2 Å². The van der Waals surface area contributed by atoms with Crippen LogP contribution in [0.4, 0.5) is 0 Å². The molecule has 1 aromatic carbocycles. The third kappa shape index (κ3) is 3.70. The molecule has 4 nitrogen and oxygen atoms in total. The third-order valence-corrected chi connectivity index (χ3v) is 3.49. The molecule has 0 saturated carbocycles. The first-order chi connectivity index (χ1) is 10.1. The van der Waals surface area contributed by atoms with Gasteiger partial charge in [0.25, 0.3) is 0 Å². The number of aromatic nitrogens is 2. The minimum absolute atomic E-state index is 0.399. The summed E-state index contributed by atoms with van der Waals surface area (Å²) in [5.41, 5.74) is 1.88. The van der Waals surface area contributed by atoms with Crippen molar-refractivity contribution in [2.75, 3.05) is 7.11 Å². The van der Waals surface area contributed by atoms with Gasteiger partial charge in [-0.25, -0.2) is 4.68 Å². The van der Waals surface area contributed by atoms with Gasteiger partial charge in [0, 0.05) is 17.2 Å². The molecule has 0 unspecified atom stereocenters. The fourth-order valence-electron chi connectivity index (χ4n) is 2.16. The molecule has 2 aromatic rings. The second-order valence-electron chi connectivity index (χ2n) is 4.55. The number of halogens is 2. The van der Waals surface area contributed by atoms with E-state index in [9.17, 15) is 0 Å². The number of aryl methyl sites for hydroxylation is 1. The van der Waals surface area contributed by atoms with Crippen LogP contribution in [-0.2, 0) is 24.3 Å². The van der Waals surface area contributed by atoms with E-state index in [1.807, 2.05) is 11.6 Å². The molecule has 0 fully saturated rings. The van der Waals surface area contributed by atoms with Gasteiger partial charge in [-0.05, 0) is 31.0 Å². The van der Waals surface area contributed by atoms with Crippen molar-refractivity contribution in [1.29, 1.82) is 0 Å². The zero-order valence-corrected chi connectivity index (χ0v) is 13.8. The molecule has 0 spiro atoms.